The van der Waals surface area contributed by atoms with E-state index >= 15 is 0 Å². The van der Waals surface area contributed by atoms with Crippen molar-refractivity contribution >= 4 is 6.09 Å². The van der Waals surface area contributed by atoms with Crippen molar-refractivity contribution in [3.05, 3.63) is 36.0 Å². The lowest BCUT2D eigenvalue weighted by molar-refractivity contribution is -0.0214. The van der Waals surface area contributed by atoms with Gasteiger partial charge in [-0.15, -0.1) is 5.10 Å². The van der Waals surface area contributed by atoms with E-state index in [-0.39, 0.29) is 12.5 Å². The van der Waals surface area contributed by atoms with Crippen LogP contribution in [0.2, 0.25) is 0 Å². The SMILES string of the molecule is CCCCc1nnc(OC[C@H]2CCN(C(=O)OC(C)(C)C)C[C@H]2O)cc1-c1ccc(OC2CCCCC2)cc1. The lowest BCUT2D eigenvalue weighted by atomic mass is 9.95. The first-order chi connectivity index (χ1) is 18.7. The van der Waals surface area contributed by atoms with Gasteiger partial charge in [0, 0.05) is 24.1 Å². The summed E-state index contributed by atoms with van der Waals surface area (Å²) in [6.07, 6.45) is 8.87. The molecule has 0 unspecified atom stereocenters. The first kappa shape index (κ1) is 29.1. The summed E-state index contributed by atoms with van der Waals surface area (Å²) >= 11 is 0. The molecule has 8 nitrogen and oxygen atoms in total. The quantitative estimate of drug-likeness (QED) is 0.406. The molecule has 8 heteroatoms. The number of carbonyl (C=O) groups is 1. The van der Waals surface area contributed by atoms with Crippen molar-refractivity contribution in [3.8, 4) is 22.8 Å². The molecule has 1 aliphatic heterocycles. The molecule has 39 heavy (non-hydrogen) atoms. The van der Waals surface area contributed by atoms with E-state index in [0.717, 1.165) is 54.7 Å². The Morgan fingerprint density at radius 1 is 1.08 bits per heavy atom. The molecule has 4 rings (SSSR count). The molecular formula is C31H45N3O5. The number of ether oxygens (including phenoxy) is 3. The number of likely N-dealkylation sites (tertiary alicyclic amines) is 1. The minimum absolute atomic E-state index is 0.107. The van der Waals surface area contributed by atoms with Crippen LogP contribution in [0.5, 0.6) is 11.6 Å². The second-order valence-electron chi connectivity index (χ2n) is 11.9. The second-order valence-corrected chi connectivity index (χ2v) is 11.9. The van der Waals surface area contributed by atoms with Crippen LogP contribution in [-0.4, -0.2) is 63.8 Å². The topological polar surface area (TPSA) is 94.0 Å². The molecule has 2 heterocycles. The van der Waals surface area contributed by atoms with Gasteiger partial charge in [0.15, 0.2) is 0 Å². The second kappa shape index (κ2) is 13.5. The first-order valence-corrected chi connectivity index (χ1v) is 14.6. The number of aliphatic hydroxyl groups excluding tert-OH is 1. The fraction of sp³-hybridized carbons (Fsp3) is 0.645. The average molecular weight is 540 g/mol. The molecule has 1 amide bonds. The first-order valence-electron chi connectivity index (χ1n) is 14.6. The maximum absolute atomic E-state index is 12.4. The van der Waals surface area contributed by atoms with Gasteiger partial charge in [-0.25, -0.2) is 4.79 Å². The predicted octanol–water partition coefficient (Wildman–Crippen LogP) is 6.19. The Morgan fingerprint density at radius 2 is 1.82 bits per heavy atom. The van der Waals surface area contributed by atoms with Crippen LogP contribution in [0.3, 0.4) is 0 Å². The number of rotatable bonds is 9. The zero-order chi connectivity index (χ0) is 27.8. The van der Waals surface area contributed by atoms with Gasteiger partial charge in [0.2, 0.25) is 5.88 Å². The largest absolute Gasteiger partial charge is 0.490 e. The number of amides is 1. The number of aromatic nitrogens is 2. The minimum Gasteiger partial charge on any atom is -0.490 e. The summed E-state index contributed by atoms with van der Waals surface area (Å²) in [6, 6.07) is 10.2. The van der Waals surface area contributed by atoms with Crippen LogP contribution < -0.4 is 9.47 Å². The van der Waals surface area contributed by atoms with Crippen molar-refractivity contribution in [3.63, 3.8) is 0 Å². The van der Waals surface area contributed by atoms with Crippen molar-refractivity contribution in [1.29, 1.82) is 0 Å². The van der Waals surface area contributed by atoms with Crippen molar-refractivity contribution in [1.82, 2.24) is 15.1 Å². The lowest BCUT2D eigenvalue weighted by Gasteiger charge is -2.36. The monoisotopic (exact) mass is 539 g/mol. The molecule has 1 aromatic heterocycles. The van der Waals surface area contributed by atoms with Crippen molar-refractivity contribution in [2.75, 3.05) is 19.7 Å². The Kier molecular flexibility index (Phi) is 10.1. The van der Waals surface area contributed by atoms with Gasteiger partial charge in [0.1, 0.15) is 11.4 Å². The molecular weight excluding hydrogens is 494 g/mol. The Balaban J connectivity index is 1.39. The van der Waals surface area contributed by atoms with E-state index in [4.69, 9.17) is 14.2 Å². The van der Waals surface area contributed by atoms with Gasteiger partial charge in [-0.05, 0) is 83.4 Å². The van der Waals surface area contributed by atoms with Gasteiger partial charge >= 0.3 is 6.09 Å². The smallest absolute Gasteiger partial charge is 0.410 e. The number of benzene rings is 1. The summed E-state index contributed by atoms with van der Waals surface area (Å²) in [5, 5.41) is 19.6. The highest BCUT2D eigenvalue weighted by molar-refractivity contribution is 5.68. The van der Waals surface area contributed by atoms with Crippen LogP contribution in [0, 0.1) is 5.92 Å². The Bertz CT molecular complexity index is 1060. The molecule has 2 atom stereocenters. The van der Waals surface area contributed by atoms with Crippen LogP contribution in [0.4, 0.5) is 4.79 Å². The lowest BCUT2D eigenvalue weighted by Crippen LogP contribution is -2.49. The van der Waals surface area contributed by atoms with Gasteiger partial charge in [-0.1, -0.05) is 31.9 Å². The number of carbonyl (C=O) groups excluding carboxylic acids is 1. The number of aryl methyl sites for hydroxylation is 1. The molecule has 0 spiro atoms. The summed E-state index contributed by atoms with van der Waals surface area (Å²) in [5.74, 6) is 1.24. The third kappa shape index (κ3) is 8.56. The van der Waals surface area contributed by atoms with Crippen LogP contribution in [0.1, 0.15) is 84.8 Å². The summed E-state index contributed by atoms with van der Waals surface area (Å²) in [4.78, 5) is 13.9. The zero-order valence-corrected chi connectivity index (χ0v) is 24.0. The molecule has 2 fully saturated rings. The molecule has 0 radical (unpaired) electrons. The molecule has 1 N–H and O–H groups in total. The normalized spacial score (nSPS) is 20.5. The van der Waals surface area contributed by atoms with Crippen molar-refractivity contribution in [2.24, 2.45) is 5.92 Å². The van der Waals surface area contributed by atoms with Gasteiger partial charge in [-0.3, -0.25) is 0 Å². The molecule has 214 valence electrons. The number of hydrogen-bond acceptors (Lipinski definition) is 7. The number of piperidine rings is 1. The summed E-state index contributed by atoms with van der Waals surface area (Å²) in [7, 11) is 0. The van der Waals surface area contributed by atoms with Gasteiger partial charge < -0.3 is 24.2 Å². The molecule has 2 aliphatic rings. The number of unbranched alkanes of at least 4 members (excludes halogenated alkanes) is 1. The van der Waals surface area contributed by atoms with E-state index in [9.17, 15) is 9.90 Å². The van der Waals surface area contributed by atoms with E-state index in [1.165, 1.54) is 19.3 Å². The van der Waals surface area contributed by atoms with Crippen LogP contribution >= 0.6 is 0 Å². The number of hydrogen-bond donors (Lipinski definition) is 1. The summed E-state index contributed by atoms with van der Waals surface area (Å²) < 4.78 is 17.7. The maximum atomic E-state index is 12.4. The molecule has 2 aromatic rings. The highest BCUT2D eigenvalue weighted by Crippen LogP contribution is 2.30. The van der Waals surface area contributed by atoms with Crippen molar-refractivity contribution < 1.29 is 24.1 Å². The van der Waals surface area contributed by atoms with Crippen molar-refractivity contribution in [2.45, 2.75) is 103 Å². The number of β-amino-alcohol motifs (C(OH)–C–C–N with tert-alkyl or cyclic N) is 1. The summed E-state index contributed by atoms with van der Waals surface area (Å²) in [5.41, 5.74) is 2.46. The van der Waals surface area contributed by atoms with E-state index < -0.39 is 17.8 Å². The van der Waals surface area contributed by atoms with E-state index in [1.54, 1.807) is 4.90 Å². The number of nitrogens with zero attached hydrogens (tertiary/aromatic N) is 3. The predicted molar refractivity (Wildman–Crippen MR) is 151 cm³/mol. The maximum Gasteiger partial charge on any atom is 0.410 e. The fourth-order valence-electron chi connectivity index (χ4n) is 5.20. The molecule has 1 aromatic carbocycles. The third-order valence-electron chi connectivity index (χ3n) is 7.45. The Labute approximate surface area is 233 Å². The van der Waals surface area contributed by atoms with Crippen LogP contribution in [0.25, 0.3) is 11.1 Å². The van der Waals surface area contributed by atoms with Gasteiger partial charge in [-0.2, -0.15) is 5.10 Å². The third-order valence-corrected chi connectivity index (χ3v) is 7.45. The van der Waals surface area contributed by atoms with Gasteiger partial charge in [0.05, 0.1) is 31.1 Å². The number of aliphatic hydroxyl groups is 1. The fourth-order valence-corrected chi connectivity index (χ4v) is 5.20. The average Bonchev–Trinajstić information content (AvgIpc) is 2.91. The molecule has 1 saturated carbocycles. The molecule has 1 saturated heterocycles. The molecule has 0 bridgehead atoms. The highest BCUT2D eigenvalue weighted by Gasteiger charge is 2.33. The van der Waals surface area contributed by atoms with Crippen LogP contribution in [-0.2, 0) is 11.2 Å². The van der Waals surface area contributed by atoms with E-state index in [1.807, 2.05) is 39.0 Å². The van der Waals surface area contributed by atoms with E-state index in [2.05, 4.69) is 29.3 Å². The highest BCUT2D eigenvalue weighted by atomic mass is 16.6. The van der Waals surface area contributed by atoms with Gasteiger partial charge in [0.25, 0.3) is 0 Å². The zero-order valence-electron chi connectivity index (χ0n) is 24.0. The minimum atomic E-state index is -0.695. The summed E-state index contributed by atoms with van der Waals surface area (Å²) in [6.45, 7) is 8.73. The van der Waals surface area contributed by atoms with Crippen LogP contribution in [0.15, 0.2) is 30.3 Å². The van der Waals surface area contributed by atoms with E-state index in [0.29, 0.717) is 31.6 Å². The Hall–Kier alpha value is -2.87. The molecule has 1 aliphatic carbocycles. The standard InChI is InChI=1S/C31H45N3O5/c1-5-6-12-27-26(22-13-15-25(16-14-22)38-24-10-8-7-9-11-24)19-29(33-32-27)37-21-23-17-18-34(20-28(23)35)30(36)39-31(2,3)4/h13-16,19,23-24,28,35H,5-12,17-18,20-21H2,1-4H3/t23-,28-/m1/s1. The Morgan fingerprint density at radius 3 is 2.49 bits per heavy atom.